The first-order valence-electron chi connectivity index (χ1n) is 9.79. The second kappa shape index (κ2) is 8.78. The molecule has 150 valence electrons. The molecule has 1 aliphatic rings. The molecule has 0 N–H and O–H groups in total. The lowest BCUT2D eigenvalue weighted by Crippen LogP contribution is -2.39. The van der Waals surface area contributed by atoms with E-state index < -0.39 is 10.0 Å². The molecule has 0 spiro atoms. The van der Waals surface area contributed by atoms with E-state index in [1.54, 1.807) is 31.2 Å². The molecule has 5 nitrogen and oxygen atoms in total. The molecular formula is C22H28N2O3S. The van der Waals surface area contributed by atoms with E-state index in [2.05, 4.69) is 24.3 Å². The van der Waals surface area contributed by atoms with Gasteiger partial charge in [0, 0.05) is 25.2 Å². The van der Waals surface area contributed by atoms with Crippen molar-refractivity contribution in [2.24, 2.45) is 5.92 Å². The van der Waals surface area contributed by atoms with E-state index in [9.17, 15) is 13.2 Å². The van der Waals surface area contributed by atoms with Gasteiger partial charge < -0.3 is 4.90 Å². The van der Waals surface area contributed by atoms with Crippen molar-refractivity contribution in [3.8, 4) is 0 Å². The predicted molar refractivity (Wildman–Crippen MR) is 113 cm³/mol. The van der Waals surface area contributed by atoms with Gasteiger partial charge in [-0.2, -0.15) is 0 Å². The number of sulfonamides is 1. The topological polar surface area (TPSA) is 57.7 Å². The Hall–Kier alpha value is -2.34. The van der Waals surface area contributed by atoms with Crippen LogP contribution >= 0.6 is 0 Å². The van der Waals surface area contributed by atoms with Gasteiger partial charge in [-0.05, 0) is 61.9 Å². The van der Waals surface area contributed by atoms with Crippen molar-refractivity contribution in [1.82, 2.24) is 4.90 Å². The molecule has 6 heteroatoms. The third-order valence-electron chi connectivity index (χ3n) is 5.36. The fourth-order valence-corrected chi connectivity index (χ4v) is 4.82. The van der Waals surface area contributed by atoms with Crippen LogP contribution in [-0.2, 0) is 16.4 Å². The van der Waals surface area contributed by atoms with Crippen LogP contribution in [0.25, 0.3) is 0 Å². The fraction of sp³-hybridized carbons (Fsp3) is 0.409. The molecule has 1 fully saturated rings. The number of benzene rings is 2. The lowest BCUT2D eigenvalue weighted by molar-refractivity contribution is 0.0690. The van der Waals surface area contributed by atoms with Gasteiger partial charge in [-0.25, -0.2) is 8.42 Å². The summed E-state index contributed by atoms with van der Waals surface area (Å²) in [6.45, 7) is 3.69. The molecule has 0 radical (unpaired) electrons. The Labute approximate surface area is 168 Å². The van der Waals surface area contributed by atoms with Gasteiger partial charge in [-0.15, -0.1) is 0 Å². The zero-order chi connectivity index (χ0) is 20.1. The van der Waals surface area contributed by atoms with Crippen LogP contribution in [0.1, 0.15) is 35.7 Å². The Morgan fingerprint density at radius 3 is 2.18 bits per heavy atom. The monoisotopic (exact) mass is 400 g/mol. The molecule has 0 aromatic heterocycles. The highest BCUT2D eigenvalue weighted by atomic mass is 32.2. The first-order chi connectivity index (χ1) is 13.4. The molecule has 0 aliphatic carbocycles. The summed E-state index contributed by atoms with van der Waals surface area (Å²) in [6, 6.07) is 17.4. The summed E-state index contributed by atoms with van der Waals surface area (Å²) in [5, 5.41) is 0. The van der Waals surface area contributed by atoms with E-state index in [0.29, 0.717) is 23.7 Å². The largest absolute Gasteiger partial charge is 0.339 e. The third-order valence-corrected chi connectivity index (χ3v) is 6.63. The number of carbonyl (C=O) groups excluding carboxylic acids is 1. The number of nitrogens with zero attached hydrogens (tertiary/aromatic N) is 2. The van der Waals surface area contributed by atoms with Crippen molar-refractivity contribution in [2.45, 2.75) is 26.2 Å². The van der Waals surface area contributed by atoms with Gasteiger partial charge in [0.05, 0.1) is 11.9 Å². The van der Waals surface area contributed by atoms with Crippen molar-refractivity contribution in [1.29, 1.82) is 0 Å². The van der Waals surface area contributed by atoms with Crippen molar-refractivity contribution >= 4 is 21.6 Å². The van der Waals surface area contributed by atoms with Crippen LogP contribution in [0.4, 0.5) is 5.69 Å². The molecule has 0 bridgehead atoms. The first kappa shape index (κ1) is 20.4. The highest BCUT2D eigenvalue weighted by molar-refractivity contribution is 7.92. The number of anilines is 1. The highest BCUT2D eigenvalue weighted by Gasteiger charge is 2.24. The lowest BCUT2D eigenvalue weighted by atomic mass is 9.90. The van der Waals surface area contributed by atoms with Crippen LogP contribution in [0.15, 0.2) is 54.6 Å². The number of hydrogen-bond acceptors (Lipinski definition) is 3. The molecule has 0 unspecified atom stereocenters. The SMILES string of the molecule is CCN(c1ccc(C(=O)N2CCC(Cc3ccccc3)CC2)cc1)S(C)(=O)=O. The van der Waals surface area contributed by atoms with Crippen molar-refractivity contribution in [2.75, 3.05) is 30.2 Å². The van der Waals surface area contributed by atoms with Gasteiger partial charge in [0.1, 0.15) is 0 Å². The molecular weight excluding hydrogens is 372 g/mol. The molecule has 0 atom stereocenters. The molecule has 1 amide bonds. The van der Waals surface area contributed by atoms with E-state index in [1.165, 1.54) is 16.1 Å². The molecule has 2 aromatic carbocycles. The minimum atomic E-state index is -3.32. The van der Waals surface area contributed by atoms with E-state index in [4.69, 9.17) is 0 Å². The van der Waals surface area contributed by atoms with Gasteiger partial charge in [0.25, 0.3) is 5.91 Å². The van der Waals surface area contributed by atoms with Crippen LogP contribution in [-0.4, -0.2) is 45.1 Å². The maximum Gasteiger partial charge on any atom is 0.253 e. The van der Waals surface area contributed by atoms with E-state index in [1.807, 2.05) is 11.0 Å². The first-order valence-corrected chi connectivity index (χ1v) is 11.6. The van der Waals surface area contributed by atoms with E-state index in [0.717, 1.165) is 32.4 Å². The maximum absolute atomic E-state index is 12.8. The molecule has 28 heavy (non-hydrogen) atoms. The van der Waals surface area contributed by atoms with Crippen LogP contribution in [0.3, 0.4) is 0 Å². The molecule has 1 aliphatic heterocycles. The Morgan fingerprint density at radius 2 is 1.64 bits per heavy atom. The third kappa shape index (κ3) is 4.93. The number of carbonyl (C=O) groups is 1. The summed E-state index contributed by atoms with van der Waals surface area (Å²) in [4.78, 5) is 14.7. The Bertz CT molecular complexity index is 887. The molecule has 1 heterocycles. The maximum atomic E-state index is 12.8. The van der Waals surface area contributed by atoms with E-state index in [-0.39, 0.29) is 5.91 Å². The van der Waals surface area contributed by atoms with Crippen molar-refractivity contribution < 1.29 is 13.2 Å². The number of amides is 1. The van der Waals surface area contributed by atoms with Crippen molar-refractivity contribution in [3.63, 3.8) is 0 Å². The average Bonchev–Trinajstić information content (AvgIpc) is 2.69. The zero-order valence-electron chi connectivity index (χ0n) is 16.5. The predicted octanol–water partition coefficient (Wildman–Crippen LogP) is 3.57. The Kier molecular flexibility index (Phi) is 6.39. The lowest BCUT2D eigenvalue weighted by Gasteiger charge is -2.32. The zero-order valence-corrected chi connectivity index (χ0v) is 17.4. The number of likely N-dealkylation sites (tertiary alicyclic amines) is 1. The second-order valence-electron chi connectivity index (χ2n) is 7.40. The minimum Gasteiger partial charge on any atom is -0.339 e. The van der Waals surface area contributed by atoms with Gasteiger partial charge in [-0.1, -0.05) is 30.3 Å². The van der Waals surface area contributed by atoms with Crippen LogP contribution < -0.4 is 4.31 Å². The molecule has 1 saturated heterocycles. The van der Waals surface area contributed by atoms with Crippen LogP contribution in [0.2, 0.25) is 0 Å². The number of rotatable bonds is 6. The summed E-state index contributed by atoms with van der Waals surface area (Å²) in [5.74, 6) is 0.633. The van der Waals surface area contributed by atoms with Gasteiger partial charge in [-0.3, -0.25) is 9.10 Å². The molecule has 3 rings (SSSR count). The second-order valence-corrected chi connectivity index (χ2v) is 9.31. The number of hydrogen-bond donors (Lipinski definition) is 0. The summed E-state index contributed by atoms with van der Waals surface area (Å²) >= 11 is 0. The van der Waals surface area contributed by atoms with Gasteiger partial charge in [0.2, 0.25) is 10.0 Å². The Balaban J connectivity index is 1.59. The summed E-state index contributed by atoms with van der Waals surface area (Å²) < 4.78 is 25.0. The minimum absolute atomic E-state index is 0.0205. The van der Waals surface area contributed by atoms with Gasteiger partial charge >= 0.3 is 0 Å². The standard InChI is InChI=1S/C22H28N2O3S/c1-3-24(28(2,26)27)21-11-9-20(10-12-21)22(25)23-15-13-19(14-16-23)17-18-7-5-4-6-8-18/h4-12,19H,3,13-17H2,1-2H3. The van der Waals surface area contributed by atoms with Crippen LogP contribution in [0.5, 0.6) is 0 Å². The van der Waals surface area contributed by atoms with E-state index >= 15 is 0 Å². The quantitative estimate of drug-likeness (QED) is 0.745. The summed E-state index contributed by atoms with van der Waals surface area (Å²) in [6.07, 6.45) is 4.28. The molecule has 2 aromatic rings. The number of piperidine rings is 1. The smallest absolute Gasteiger partial charge is 0.253 e. The summed E-state index contributed by atoms with van der Waals surface area (Å²) in [5.41, 5.74) is 2.55. The average molecular weight is 401 g/mol. The van der Waals surface area contributed by atoms with Crippen molar-refractivity contribution in [3.05, 3.63) is 65.7 Å². The summed E-state index contributed by atoms with van der Waals surface area (Å²) in [7, 11) is -3.32. The molecule has 0 saturated carbocycles. The Morgan fingerprint density at radius 1 is 1.04 bits per heavy atom. The fourth-order valence-electron chi connectivity index (χ4n) is 3.85. The normalized spacial score (nSPS) is 15.4. The highest BCUT2D eigenvalue weighted by Crippen LogP contribution is 2.24. The van der Waals surface area contributed by atoms with Crippen LogP contribution in [0, 0.1) is 5.92 Å². The van der Waals surface area contributed by atoms with Gasteiger partial charge in [0.15, 0.2) is 0 Å².